The summed E-state index contributed by atoms with van der Waals surface area (Å²) in [6.45, 7) is 1.46. The van der Waals surface area contributed by atoms with Crippen molar-refractivity contribution in [2.45, 2.75) is 49.1 Å². The minimum Gasteiger partial charge on any atom is -0.384 e. The number of rotatable bonds is 10. The first-order chi connectivity index (χ1) is 13.9. The van der Waals surface area contributed by atoms with E-state index >= 15 is 0 Å². The number of nitrogens with zero attached hydrogens (tertiary/aromatic N) is 2. The Balaban J connectivity index is 1.50. The first kappa shape index (κ1) is 22.2. The van der Waals surface area contributed by atoms with Gasteiger partial charge in [0.25, 0.3) is 10.0 Å². The van der Waals surface area contributed by atoms with Gasteiger partial charge in [-0.1, -0.05) is 22.5 Å². The number of hydrogen-bond acceptors (Lipinski definition) is 8. The van der Waals surface area contributed by atoms with E-state index in [1.54, 1.807) is 0 Å². The van der Waals surface area contributed by atoms with Gasteiger partial charge in [-0.05, 0) is 44.4 Å². The molecule has 8 nitrogen and oxygen atoms in total. The standard InChI is InChI=1S/C17H24ClFN6O2S2/c18-11-8-16(29(26,27)24-17-10-23-25-28-17)12(19)9-15(11)22-7-2-1-6-21-14-5-3-4-13(14)20/h8-10,13-14,21-22,24H,1-7,20H2/t13-,14?/m1/s1. The van der Waals surface area contributed by atoms with Crippen LogP contribution in [0.4, 0.5) is 15.1 Å². The van der Waals surface area contributed by atoms with E-state index in [9.17, 15) is 12.8 Å². The number of nitrogens with one attached hydrogen (secondary N) is 3. The summed E-state index contributed by atoms with van der Waals surface area (Å²) < 4.78 is 44.9. The fourth-order valence-electron chi connectivity index (χ4n) is 3.27. The third kappa shape index (κ3) is 5.98. The van der Waals surface area contributed by atoms with Gasteiger partial charge in [0.1, 0.15) is 15.7 Å². The van der Waals surface area contributed by atoms with Crippen LogP contribution < -0.4 is 21.1 Å². The van der Waals surface area contributed by atoms with Gasteiger partial charge in [0, 0.05) is 30.2 Å². The van der Waals surface area contributed by atoms with Crippen molar-refractivity contribution in [2.24, 2.45) is 5.73 Å². The Bertz CT molecular complexity index is 913. The van der Waals surface area contributed by atoms with Crippen LogP contribution in [-0.2, 0) is 10.0 Å². The van der Waals surface area contributed by atoms with Crippen molar-refractivity contribution in [3.63, 3.8) is 0 Å². The average Bonchev–Trinajstić information content (AvgIpc) is 3.31. The Kier molecular flexibility index (Phi) is 7.63. The van der Waals surface area contributed by atoms with Crippen LogP contribution in [0, 0.1) is 5.82 Å². The molecule has 160 valence electrons. The molecular formula is C17H24ClFN6O2S2. The maximum atomic E-state index is 14.4. The van der Waals surface area contributed by atoms with Crippen LogP contribution in [0.25, 0.3) is 0 Å². The molecular weight excluding hydrogens is 439 g/mol. The highest BCUT2D eigenvalue weighted by Gasteiger charge is 2.23. The molecule has 1 heterocycles. The smallest absolute Gasteiger partial charge is 0.265 e. The van der Waals surface area contributed by atoms with Gasteiger partial charge in [-0.2, -0.15) is 0 Å². The molecule has 5 N–H and O–H groups in total. The van der Waals surface area contributed by atoms with E-state index in [-0.39, 0.29) is 16.1 Å². The molecule has 12 heteroatoms. The van der Waals surface area contributed by atoms with Crippen molar-refractivity contribution in [3.8, 4) is 0 Å². The molecule has 2 atom stereocenters. The summed E-state index contributed by atoms with van der Waals surface area (Å²) in [5.74, 6) is -0.890. The largest absolute Gasteiger partial charge is 0.384 e. The molecule has 0 saturated heterocycles. The minimum absolute atomic E-state index is 0.129. The molecule has 1 unspecified atom stereocenters. The van der Waals surface area contributed by atoms with Gasteiger partial charge < -0.3 is 16.4 Å². The fourth-order valence-corrected chi connectivity index (χ4v) is 5.34. The SMILES string of the molecule is N[C@@H]1CCCC1NCCCCNc1cc(F)c(S(=O)(=O)Nc2cnns2)cc1Cl. The Hall–Kier alpha value is -1.53. The topological polar surface area (TPSA) is 122 Å². The number of nitrogens with two attached hydrogens (primary N) is 1. The maximum Gasteiger partial charge on any atom is 0.265 e. The summed E-state index contributed by atoms with van der Waals surface area (Å²) in [6.07, 6.45) is 6.41. The van der Waals surface area contributed by atoms with Crippen molar-refractivity contribution >= 4 is 43.8 Å². The molecule has 3 rings (SSSR count). The van der Waals surface area contributed by atoms with Crippen LogP contribution in [0.2, 0.25) is 5.02 Å². The normalized spacial score (nSPS) is 19.4. The quantitative estimate of drug-likeness (QED) is 0.400. The molecule has 1 saturated carbocycles. The van der Waals surface area contributed by atoms with Gasteiger partial charge in [0.2, 0.25) is 0 Å². The molecule has 0 bridgehead atoms. The molecule has 0 radical (unpaired) electrons. The van der Waals surface area contributed by atoms with Crippen molar-refractivity contribution in [1.29, 1.82) is 0 Å². The molecule has 0 aliphatic heterocycles. The second-order valence-electron chi connectivity index (χ2n) is 6.94. The lowest BCUT2D eigenvalue weighted by molar-refractivity contribution is 0.468. The van der Waals surface area contributed by atoms with Gasteiger partial charge in [-0.3, -0.25) is 4.72 Å². The lowest BCUT2D eigenvalue weighted by atomic mass is 10.2. The summed E-state index contributed by atoms with van der Waals surface area (Å²) in [4.78, 5) is -0.529. The molecule has 0 amide bonds. The zero-order valence-corrected chi connectivity index (χ0v) is 18.1. The van der Waals surface area contributed by atoms with Gasteiger partial charge in [-0.15, -0.1) is 5.10 Å². The zero-order chi connectivity index (χ0) is 20.9. The van der Waals surface area contributed by atoms with Gasteiger partial charge in [0.15, 0.2) is 0 Å². The third-order valence-electron chi connectivity index (χ3n) is 4.80. The van der Waals surface area contributed by atoms with E-state index in [0.29, 0.717) is 18.3 Å². The average molecular weight is 463 g/mol. The number of hydrogen-bond donors (Lipinski definition) is 4. The molecule has 1 aromatic carbocycles. The fraction of sp³-hybridized carbons (Fsp3) is 0.529. The monoisotopic (exact) mass is 462 g/mol. The van der Waals surface area contributed by atoms with E-state index in [4.69, 9.17) is 17.3 Å². The van der Waals surface area contributed by atoms with Crippen LogP contribution >= 0.6 is 23.1 Å². The highest BCUT2D eigenvalue weighted by Crippen LogP contribution is 2.29. The molecule has 1 aliphatic rings. The lowest BCUT2D eigenvalue weighted by Gasteiger charge is -2.17. The predicted octanol–water partition coefficient (Wildman–Crippen LogP) is 2.79. The van der Waals surface area contributed by atoms with Crippen molar-refractivity contribution in [3.05, 3.63) is 29.2 Å². The predicted molar refractivity (Wildman–Crippen MR) is 113 cm³/mol. The number of unbranched alkanes of at least 4 members (excludes halogenated alkanes) is 1. The molecule has 29 heavy (non-hydrogen) atoms. The first-order valence-corrected chi connectivity index (χ1v) is 12.0. The van der Waals surface area contributed by atoms with Crippen molar-refractivity contribution in [1.82, 2.24) is 14.9 Å². The number of benzene rings is 1. The van der Waals surface area contributed by atoms with E-state index in [0.717, 1.165) is 55.9 Å². The summed E-state index contributed by atoms with van der Waals surface area (Å²) >= 11 is 7.01. The number of anilines is 2. The van der Waals surface area contributed by atoms with Crippen LogP contribution in [0.1, 0.15) is 32.1 Å². The highest BCUT2D eigenvalue weighted by atomic mass is 35.5. The van der Waals surface area contributed by atoms with E-state index in [2.05, 4.69) is 24.9 Å². The molecule has 1 fully saturated rings. The number of halogens is 2. The number of sulfonamides is 1. The molecule has 0 spiro atoms. The van der Waals surface area contributed by atoms with Crippen molar-refractivity contribution in [2.75, 3.05) is 23.1 Å². The van der Waals surface area contributed by atoms with Crippen LogP contribution in [0.5, 0.6) is 0 Å². The van der Waals surface area contributed by atoms with E-state index < -0.39 is 20.7 Å². The van der Waals surface area contributed by atoms with Crippen LogP contribution in [0.3, 0.4) is 0 Å². The third-order valence-corrected chi connectivity index (χ3v) is 7.20. The summed E-state index contributed by atoms with van der Waals surface area (Å²) in [6, 6.07) is 2.83. The molecule has 1 aromatic heterocycles. The van der Waals surface area contributed by atoms with Gasteiger partial charge in [0.05, 0.1) is 16.9 Å². The molecule has 2 aromatic rings. The highest BCUT2D eigenvalue weighted by molar-refractivity contribution is 7.93. The molecule has 1 aliphatic carbocycles. The second kappa shape index (κ2) is 9.98. The Morgan fingerprint density at radius 3 is 2.76 bits per heavy atom. The van der Waals surface area contributed by atoms with Gasteiger partial charge >= 0.3 is 0 Å². The Labute approximate surface area is 178 Å². The Morgan fingerprint density at radius 1 is 1.28 bits per heavy atom. The van der Waals surface area contributed by atoms with Crippen LogP contribution in [0.15, 0.2) is 23.2 Å². The van der Waals surface area contributed by atoms with Gasteiger partial charge in [-0.25, -0.2) is 12.8 Å². The lowest BCUT2D eigenvalue weighted by Crippen LogP contribution is -2.41. The van der Waals surface area contributed by atoms with Crippen LogP contribution in [-0.4, -0.2) is 43.2 Å². The first-order valence-electron chi connectivity index (χ1n) is 9.39. The van der Waals surface area contributed by atoms with Crippen molar-refractivity contribution < 1.29 is 12.8 Å². The second-order valence-corrected chi connectivity index (χ2v) is 9.78. The summed E-state index contributed by atoms with van der Waals surface area (Å²) in [7, 11) is -4.12. The maximum absolute atomic E-state index is 14.4. The number of aromatic nitrogens is 2. The van der Waals surface area contributed by atoms with E-state index in [1.807, 2.05) is 0 Å². The van der Waals surface area contributed by atoms with E-state index in [1.165, 1.54) is 12.6 Å². The Morgan fingerprint density at radius 2 is 2.07 bits per heavy atom. The summed E-state index contributed by atoms with van der Waals surface area (Å²) in [5, 5.41) is 10.4. The minimum atomic E-state index is -4.12. The zero-order valence-electron chi connectivity index (χ0n) is 15.7. The summed E-state index contributed by atoms with van der Waals surface area (Å²) in [5.41, 5.74) is 6.38.